The van der Waals surface area contributed by atoms with Crippen molar-refractivity contribution in [3.63, 3.8) is 0 Å². The van der Waals surface area contributed by atoms with Crippen LogP contribution in [0.15, 0.2) is 18.2 Å². The van der Waals surface area contributed by atoms with Crippen molar-refractivity contribution in [2.75, 3.05) is 33.4 Å². The van der Waals surface area contributed by atoms with E-state index < -0.39 is 0 Å². The molecule has 0 atom stereocenters. The summed E-state index contributed by atoms with van der Waals surface area (Å²) in [7, 11) is 1.64. The minimum atomic E-state index is -0.342. The quantitative estimate of drug-likeness (QED) is 0.646. The van der Waals surface area contributed by atoms with Crippen molar-refractivity contribution < 1.29 is 9.53 Å². The lowest BCUT2D eigenvalue weighted by Crippen LogP contribution is -2.33. The number of carbonyl (C=O) groups is 1. The molecule has 1 heterocycles. The second-order valence-corrected chi connectivity index (χ2v) is 6.00. The van der Waals surface area contributed by atoms with Gasteiger partial charge in [0.15, 0.2) is 0 Å². The summed E-state index contributed by atoms with van der Waals surface area (Å²) in [5.74, 6) is 0.355. The molecule has 1 aromatic carbocycles. The molecule has 7 nitrogen and oxygen atoms in total. The maximum Gasteiger partial charge on any atom is 0.291 e. The Morgan fingerprint density at radius 2 is 1.96 bits per heavy atom. The van der Waals surface area contributed by atoms with Crippen LogP contribution in [-0.2, 0) is 11.2 Å². The molecule has 0 saturated carbocycles. The second-order valence-electron chi connectivity index (χ2n) is 5.19. The summed E-state index contributed by atoms with van der Waals surface area (Å²) in [4.78, 5) is 16.5. The van der Waals surface area contributed by atoms with Gasteiger partial charge in [-0.1, -0.05) is 36.2 Å². The van der Waals surface area contributed by atoms with Gasteiger partial charge in [-0.15, -0.1) is 5.10 Å². The Bertz CT molecular complexity index is 700. The number of para-hydroxylation sites is 1. The van der Waals surface area contributed by atoms with Crippen molar-refractivity contribution in [2.24, 2.45) is 0 Å². The monoisotopic (exact) mass is 385 g/mol. The van der Waals surface area contributed by atoms with E-state index in [2.05, 4.69) is 20.7 Å². The molecule has 0 radical (unpaired) electrons. The van der Waals surface area contributed by atoms with Crippen LogP contribution in [-0.4, -0.2) is 54.0 Å². The summed E-state index contributed by atoms with van der Waals surface area (Å²) in [5, 5.41) is 11.1. The second kappa shape index (κ2) is 9.72. The highest BCUT2D eigenvalue weighted by Gasteiger charge is 2.19. The molecule has 2 aromatic rings. The van der Waals surface area contributed by atoms with E-state index in [0.717, 1.165) is 6.54 Å². The van der Waals surface area contributed by atoms with Gasteiger partial charge in [-0.3, -0.25) is 4.79 Å². The number of hydrogen-bond acceptors (Lipinski definition) is 5. The van der Waals surface area contributed by atoms with Crippen LogP contribution < -0.4 is 10.6 Å². The van der Waals surface area contributed by atoms with Gasteiger partial charge in [-0.05, 0) is 12.1 Å². The highest BCUT2D eigenvalue weighted by atomic mass is 35.5. The average Bonchev–Trinajstić information content (AvgIpc) is 3.02. The summed E-state index contributed by atoms with van der Waals surface area (Å²) in [5.41, 5.74) is 0.524. The molecule has 0 fully saturated rings. The molecule has 1 aromatic heterocycles. The molecule has 0 spiro atoms. The van der Waals surface area contributed by atoms with E-state index in [0.29, 0.717) is 47.7 Å². The van der Waals surface area contributed by atoms with E-state index in [1.807, 2.05) is 6.92 Å². The van der Waals surface area contributed by atoms with Crippen LogP contribution in [0.4, 0.5) is 0 Å². The van der Waals surface area contributed by atoms with Crippen molar-refractivity contribution in [1.82, 2.24) is 25.4 Å². The molecule has 1 amide bonds. The third-order valence-corrected chi connectivity index (χ3v) is 4.02. The van der Waals surface area contributed by atoms with Gasteiger partial charge in [0.2, 0.25) is 5.82 Å². The molecule has 136 valence electrons. The first-order chi connectivity index (χ1) is 12.1. The molecule has 0 unspecified atom stereocenters. The zero-order valence-electron chi connectivity index (χ0n) is 14.2. The molecular weight excluding hydrogens is 365 g/mol. The minimum absolute atomic E-state index is 0.0877. The van der Waals surface area contributed by atoms with Gasteiger partial charge in [0, 0.05) is 33.2 Å². The SMILES string of the molecule is CCc1nc(C(=O)NCCNCCOC)nn1-c1c(Cl)cccc1Cl. The van der Waals surface area contributed by atoms with Gasteiger partial charge >= 0.3 is 0 Å². The van der Waals surface area contributed by atoms with Crippen LogP contribution in [0.1, 0.15) is 23.4 Å². The Morgan fingerprint density at radius 1 is 1.24 bits per heavy atom. The van der Waals surface area contributed by atoms with Crippen LogP contribution in [0, 0.1) is 0 Å². The molecule has 0 saturated heterocycles. The predicted molar refractivity (Wildman–Crippen MR) is 97.8 cm³/mol. The number of methoxy groups -OCH3 is 1. The van der Waals surface area contributed by atoms with Crippen molar-refractivity contribution in [3.05, 3.63) is 39.9 Å². The van der Waals surface area contributed by atoms with Crippen LogP contribution in [0.2, 0.25) is 10.0 Å². The number of rotatable bonds is 9. The number of aromatic nitrogens is 3. The Hall–Kier alpha value is -1.67. The third kappa shape index (κ3) is 5.15. The number of nitrogens with zero attached hydrogens (tertiary/aromatic N) is 3. The lowest BCUT2D eigenvalue weighted by atomic mass is 10.3. The molecule has 25 heavy (non-hydrogen) atoms. The maximum atomic E-state index is 12.2. The van der Waals surface area contributed by atoms with Crippen molar-refractivity contribution in [1.29, 1.82) is 0 Å². The average molecular weight is 386 g/mol. The van der Waals surface area contributed by atoms with Crippen molar-refractivity contribution in [3.8, 4) is 5.69 Å². The lowest BCUT2D eigenvalue weighted by Gasteiger charge is -2.08. The predicted octanol–water partition coefficient (Wildman–Crippen LogP) is 2.10. The van der Waals surface area contributed by atoms with Crippen molar-refractivity contribution in [2.45, 2.75) is 13.3 Å². The molecular formula is C16H21Cl2N5O2. The highest BCUT2D eigenvalue weighted by Crippen LogP contribution is 2.28. The number of benzene rings is 1. The van der Waals surface area contributed by atoms with Crippen LogP contribution in [0.3, 0.4) is 0 Å². The van der Waals surface area contributed by atoms with Gasteiger partial charge < -0.3 is 15.4 Å². The van der Waals surface area contributed by atoms with E-state index in [4.69, 9.17) is 27.9 Å². The fraction of sp³-hybridized carbons (Fsp3) is 0.438. The fourth-order valence-corrected chi connectivity index (χ4v) is 2.74. The first-order valence-corrected chi connectivity index (χ1v) is 8.72. The number of ether oxygens (including phenoxy) is 1. The largest absolute Gasteiger partial charge is 0.383 e. The summed E-state index contributed by atoms with van der Waals surface area (Å²) < 4.78 is 6.46. The summed E-state index contributed by atoms with van der Waals surface area (Å²) >= 11 is 12.5. The number of carbonyl (C=O) groups excluding carboxylic acids is 1. The molecule has 9 heteroatoms. The first kappa shape index (κ1) is 19.7. The Labute approximate surface area is 156 Å². The molecule has 2 N–H and O–H groups in total. The molecule has 2 rings (SSSR count). The van der Waals surface area contributed by atoms with Crippen LogP contribution in [0.25, 0.3) is 5.69 Å². The zero-order valence-corrected chi connectivity index (χ0v) is 15.7. The smallest absolute Gasteiger partial charge is 0.291 e. The standard InChI is InChI=1S/C16H21Cl2N5O2/c1-3-13-21-15(16(24)20-8-7-19-9-10-25-2)22-23(13)14-11(17)5-4-6-12(14)18/h4-6,19H,3,7-10H2,1-2H3,(H,20,24). The van der Waals surface area contributed by atoms with E-state index in [1.165, 1.54) is 4.68 Å². The van der Waals surface area contributed by atoms with E-state index >= 15 is 0 Å². The number of hydrogen-bond donors (Lipinski definition) is 2. The van der Waals surface area contributed by atoms with Gasteiger partial charge in [0.05, 0.1) is 16.7 Å². The highest BCUT2D eigenvalue weighted by molar-refractivity contribution is 6.37. The third-order valence-electron chi connectivity index (χ3n) is 3.41. The molecule has 0 aliphatic carbocycles. The molecule has 0 bridgehead atoms. The zero-order chi connectivity index (χ0) is 18.2. The maximum absolute atomic E-state index is 12.2. The topological polar surface area (TPSA) is 81.1 Å². The number of halogens is 2. The van der Waals surface area contributed by atoms with E-state index in [-0.39, 0.29) is 11.7 Å². The lowest BCUT2D eigenvalue weighted by molar-refractivity contribution is 0.0943. The molecule has 0 aliphatic rings. The number of amides is 1. The summed E-state index contributed by atoms with van der Waals surface area (Å²) in [6.45, 7) is 4.37. The van der Waals surface area contributed by atoms with Gasteiger partial charge in [-0.25, -0.2) is 9.67 Å². The molecule has 0 aliphatic heterocycles. The van der Waals surface area contributed by atoms with Gasteiger partial charge in [0.25, 0.3) is 5.91 Å². The Kier molecular flexibility index (Phi) is 7.64. The van der Waals surface area contributed by atoms with Gasteiger partial charge in [-0.2, -0.15) is 0 Å². The van der Waals surface area contributed by atoms with E-state index in [1.54, 1.807) is 25.3 Å². The van der Waals surface area contributed by atoms with Crippen molar-refractivity contribution >= 4 is 29.1 Å². The van der Waals surface area contributed by atoms with Crippen LogP contribution in [0.5, 0.6) is 0 Å². The summed E-state index contributed by atoms with van der Waals surface area (Å²) in [6, 6.07) is 5.19. The van der Waals surface area contributed by atoms with E-state index in [9.17, 15) is 4.79 Å². The minimum Gasteiger partial charge on any atom is -0.383 e. The Balaban J connectivity index is 2.08. The normalized spacial score (nSPS) is 10.9. The number of nitrogens with one attached hydrogen (secondary N) is 2. The summed E-state index contributed by atoms with van der Waals surface area (Å²) in [6.07, 6.45) is 0.584. The fourth-order valence-electron chi connectivity index (χ4n) is 2.18. The van der Waals surface area contributed by atoms with Crippen LogP contribution >= 0.6 is 23.2 Å². The van der Waals surface area contributed by atoms with Gasteiger partial charge in [0.1, 0.15) is 11.5 Å². The first-order valence-electron chi connectivity index (χ1n) is 7.96. The Morgan fingerprint density at radius 3 is 2.60 bits per heavy atom. The number of aryl methyl sites for hydroxylation is 1.